The molecule has 0 aromatic heterocycles. The Balaban J connectivity index is 2.63. The largest absolute Gasteiger partial charge is 0.507 e. The van der Waals surface area contributed by atoms with Crippen LogP contribution in [0.2, 0.25) is 0 Å². The molecule has 13 heavy (non-hydrogen) atoms. The van der Waals surface area contributed by atoms with Gasteiger partial charge in [0.15, 0.2) is 0 Å². The summed E-state index contributed by atoms with van der Waals surface area (Å²) in [6.07, 6.45) is -0.834. The molecule has 1 aliphatic heterocycles. The maximum atomic E-state index is 11.2. The van der Waals surface area contributed by atoms with Crippen LogP contribution < -0.4 is 0 Å². The van der Waals surface area contributed by atoms with Gasteiger partial charge in [0, 0.05) is 5.56 Å². The SMILES string of the molecule is O=C1OCC(O)c2cccc(O)c21. The minimum absolute atomic E-state index is 0.0463. The van der Waals surface area contributed by atoms with Gasteiger partial charge < -0.3 is 14.9 Å². The van der Waals surface area contributed by atoms with Crippen LogP contribution >= 0.6 is 0 Å². The van der Waals surface area contributed by atoms with E-state index in [9.17, 15) is 15.0 Å². The lowest BCUT2D eigenvalue weighted by atomic mass is 10.00. The van der Waals surface area contributed by atoms with Gasteiger partial charge in [0.2, 0.25) is 0 Å². The van der Waals surface area contributed by atoms with E-state index in [0.717, 1.165) is 0 Å². The lowest BCUT2D eigenvalue weighted by molar-refractivity contribution is 0.0162. The van der Waals surface area contributed by atoms with Crippen LogP contribution in [0.4, 0.5) is 0 Å². The number of benzene rings is 1. The summed E-state index contributed by atoms with van der Waals surface area (Å²) in [4.78, 5) is 11.2. The standard InChI is InChI=1S/C9H8O4/c10-6-3-1-2-5-7(11)4-13-9(12)8(5)6/h1-3,7,10-11H,4H2. The molecule has 1 aromatic carbocycles. The van der Waals surface area contributed by atoms with Crippen molar-refractivity contribution in [2.45, 2.75) is 6.10 Å². The van der Waals surface area contributed by atoms with E-state index < -0.39 is 12.1 Å². The fourth-order valence-electron chi connectivity index (χ4n) is 1.37. The van der Waals surface area contributed by atoms with Crippen molar-refractivity contribution < 1.29 is 19.7 Å². The highest BCUT2D eigenvalue weighted by Gasteiger charge is 2.27. The van der Waals surface area contributed by atoms with Crippen LogP contribution in [0.5, 0.6) is 5.75 Å². The second-order valence-corrected chi connectivity index (χ2v) is 2.86. The molecule has 1 unspecified atom stereocenters. The first-order valence-electron chi connectivity index (χ1n) is 3.87. The zero-order chi connectivity index (χ0) is 9.42. The molecule has 1 aromatic rings. The Labute approximate surface area is 74.4 Å². The molecule has 1 atom stereocenters. The van der Waals surface area contributed by atoms with E-state index in [2.05, 4.69) is 4.74 Å². The van der Waals surface area contributed by atoms with Crippen molar-refractivity contribution in [1.29, 1.82) is 0 Å². The number of phenols is 1. The van der Waals surface area contributed by atoms with E-state index in [-0.39, 0.29) is 17.9 Å². The van der Waals surface area contributed by atoms with E-state index in [1.807, 2.05) is 0 Å². The normalized spacial score (nSPS) is 20.7. The monoisotopic (exact) mass is 180 g/mol. The molecule has 0 radical (unpaired) electrons. The third kappa shape index (κ3) is 1.15. The molecule has 1 heterocycles. The number of carbonyl (C=O) groups excluding carboxylic acids is 1. The molecule has 0 fully saturated rings. The molecule has 68 valence electrons. The van der Waals surface area contributed by atoms with Crippen LogP contribution in [0, 0.1) is 0 Å². The highest BCUT2D eigenvalue weighted by Crippen LogP contribution is 2.30. The number of cyclic esters (lactones) is 1. The molecule has 0 spiro atoms. The van der Waals surface area contributed by atoms with Crippen molar-refractivity contribution in [2.75, 3.05) is 6.61 Å². The van der Waals surface area contributed by atoms with Crippen molar-refractivity contribution in [3.63, 3.8) is 0 Å². The summed E-state index contributed by atoms with van der Waals surface area (Å²) < 4.78 is 4.65. The lowest BCUT2D eigenvalue weighted by Gasteiger charge is -2.20. The van der Waals surface area contributed by atoms with Crippen LogP contribution in [-0.4, -0.2) is 22.8 Å². The summed E-state index contributed by atoms with van der Waals surface area (Å²) in [5.74, 6) is -0.736. The maximum Gasteiger partial charge on any atom is 0.342 e. The average Bonchev–Trinajstić information content (AvgIpc) is 2.12. The summed E-state index contributed by atoms with van der Waals surface area (Å²) in [5, 5.41) is 18.7. The summed E-state index contributed by atoms with van der Waals surface area (Å²) >= 11 is 0. The first kappa shape index (κ1) is 8.07. The molecular weight excluding hydrogens is 172 g/mol. The number of esters is 1. The van der Waals surface area contributed by atoms with Crippen molar-refractivity contribution >= 4 is 5.97 Å². The van der Waals surface area contributed by atoms with Gasteiger partial charge in [0.25, 0.3) is 0 Å². The molecule has 4 heteroatoms. The Morgan fingerprint density at radius 2 is 2.23 bits per heavy atom. The predicted molar refractivity (Wildman–Crippen MR) is 43.3 cm³/mol. The molecule has 4 nitrogen and oxygen atoms in total. The number of rotatable bonds is 0. The zero-order valence-electron chi connectivity index (χ0n) is 6.73. The molecule has 2 N–H and O–H groups in total. The molecule has 1 aliphatic rings. The summed E-state index contributed by atoms with van der Waals surface area (Å²) in [7, 11) is 0. The van der Waals surface area contributed by atoms with Gasteiger partial charge in [-0.3, -0.25) is 0 Å². The lowest BCUT2D eigenvalue weighted by Crippen LogP contribution is -2.22. The fraction of sp³-hybridized carbons (Fsp3) is 0.222. The predicted octanol–water partition coefficient (Wildman–Crippen LogP) is 0.596. The number of hydrogen-bond acceptors (Lipinski definition) is 4. The summed E-state index contributed by atoms with van der Waals surface area (Å²) in [6, 6.07) is 4.56. The van der Waals surface area contributed by atoms with E-state index in [0.29, 0.717) is 5.56 Å². The molecular formula is C9H8O4. The Morgan fingerprint density at radius 3 is 2.92 bits per heavy atom. The van der Waals surface area contributed by atoms with Crippen molar-refractivity contribution in [2.24, 2.45) is 0 Å². The average molecular weight is 180 g/mol. The first-order chi connectivity index (χ1) is 6.20. The molecule has 0 bridgehead atoms. The Hall–Kier alpha value is -1.55. The van der Waals surface area contributed by atoms with Crippen molar-refractivity contribution in [3.05, 3.63) is 29.3 Å². The van der Waals surface area contributed by atoms with E-state index in [1.165, 1.54) is 6.07 Å². The first-order valence-corrected chi connectivity index (χ1v) is 3.87. The number of carbonyl (C=O) groups is 1. The van der Waals surface area contributed by atoms with Gasteiger partial charge in [0.05, 0.1) is 0 Å². The third-order valence-corrected chi connectivity index (χ3v) is 2.01. The van der Waals surface area contributed by atoms with E-state index >= 15 is 0 Å². The zero-order valence-corrected chi connectivity index (χ0v) is 6.73. The van der Waals surface area contributed by atoms with E-state index in [4.69, 9.17) is 0 Å². The number of fused-ring (bicyclic) bond motifs is 1. The van der Waals surface area contributed by atoms with Crippen LogP contribution in [0.15, 0.2) is 18.2 Å². The number of aliphatic hydroxyl groups is 1. The van der Waals surface area contributed by atoms with Crippen molar-refractivity contribution in [3.8, 4) is 5.75 Å². The Morgan fingerprint density at radius 1 is 1.46 bits per heavy atom. The van der Waals surface area contributed by atoms with Crippen molar-refractivity contribution in [1.82, 2.24) is 0 Å². The number of aromatic hydroxyl groups is 1. The topological polar surface area (TPSA) is 66.8 Å². The van der Waals surface area contributed by atoms with Gasteiger partial charge in [-0.2, -0.15) is 0 Å². The molecule has 0 saturated heterocycles. The Kier molecular flexibility index (Phi) is 1.70. The fourth-order valence-corrected chi connectivity index (χ4v) is 1.37. The highest BCUT2D eigenvalue weighted by atomic mass is 16.5. The second kappa shape index (κ2) is 2.74. The van der Waals surface area contributed by atoms with Crippen LogP contribution in [0.25, 0.3) is 0 Å². The van der Waals surface area contributed by atoms with Gasteiger partial charge in [-0.1, -0.05) is 12.1 Å². The summed E-state index contributed by atoms with van der Waals surface area (Å²) in [5.41, 5.74) is 0.498. The molecule has 0 saturated carbocycles. The number of aliphatic hydroxyl groups excluding tert-OH is 1. The molecule has 0 aliphatic carbocycles. The van der Waals surface area contributed by atoms with Gasteiger partial charge in [-0.15, -0.1) is 0 Å². The minimum atomic E-state index is -0.834. The summed E-state index contributed by atoms with van der Waals surface area (Å²) in [6.45, 7) is -0.0463. The van der Waals surface area contributed by atoms with Crippen LogP contribution in [-0.2, 0) is 4.74 Å². The maximum absolute atomic E-state index is 11.2. The van der Waals surface area contributed by atoms with Gasteiger partial charge in [-0.25, -0.2) is 4.79 Å². The third-order valence-electron chi connectivity index (χ3n) is 2.01. The quantitative estimate of drug-likeness (QED) is 0.573. The number of ether oxygens (including phenoxy) is 1. The Bertz CT molecular complexity index is 359. The minimum Gasteiger partial charge on any atom is -0.507 e. The highest BCUT2D eigenvalue weighted by molar-refractivity contribution is 5.95. The van der Waals surface area contributed by atoms with Gasteiger partial charge >= 0.3 is 5.97 Å². The van der Waals surface area contributed by atoms with Crippen LogP contribution in [0.1, 0.15) is 22.0 Å². The second-order valence-electron chi connectivity index (χ2n) is 2.86. The molecule has 0 amide bonds. The van der Waals surface area contributed by atoms with Crippen LogP contribution in [0.3, 0.4) is 0 Å². The molecule has 2 rings (SSSR count). The van der Waals surface area contributed by atoms with Gasteiger partial charge in [0.1, 0.15) is 24.0 Å². The van der Waals surface area contributed by atoms with Gasteiger partial charge in [-0.05, 0) is 6.07 Å². The number of hydrogen-bond donors (Lipinski definition) is 2. The van der Waals surface area contributed by atoms with E-state index in [1.54, 1.807) is 12.1 Å². The number of phenolic OH excluding ortho intramolecular Hbond substituents is 1. The smallest absolute Gasteiger partial charge is 0.342 e.